The Morgan fingerprint density at radius 2 is 2.19 bits per heavy atom. The number of carbonyl (C=O) groups is 2. The highest BCUT2D eigenvalue weighted by atomic mass is 16.2. The Bertz CT molecular complexity index is 454. The first-order valence-corrected chi connectivity index (χ1v) is 5.30. The third-order valence-electron chi connectivity index (χ3n) is 2.87. The van der Waals surface area contributed by atoms with Crippen LogP contribution in [0.5, 0.6) is 0 Å². The van der Waals surface area contributed by atoms with Crippen molar-refractivity contribution in [3.8, 4) is 0 Å². The molecule has 0 unspecified atom stereocenters. The quantitative estimate of drug-likeness (QED) is 0.811. The molecule has 84 valence electrons. The number of hydrogen-bond donors (Lipinski definition) is 1. The van der Waals surface area contributed by atoms with E-state index in [-0.39, 0.29) is 5.91 Å². The summed E-state index contributed by atoms with van der Waals surface area (Å²) >= 11 is 0. The van der Waals surface area contributed by atoms with Crippen LogP contribution in [-0.4, -0.2) is 18.4 Å². The van der Waals surface area contributed by atoms with Crippen LogP contribution in [0.2, 0.25) is 0 Å². The number of aryl methyl sites for hydroxylation is 1. The summed E-state index contributed by atoms with van der Waals surface area (Å²) in [6.07, 6.45) is 1.46. The zero-order valence-corrected chi connectivity index (χ0v) is 9.19. The number of amides is 2. The maximum absolute atomic E-state index is 11.6. The van der Waals surface area contributed by atoms with Crippen molar-refractivity contribution in [2.75, 3.05) is 11.4 Å². The van der Waals surface area contributed by atoms with Crippen LogP contribution < -0.4 is 10.6 Å². The summed E-state index contributed by atoms with van der Waals surface area (Å²) in [6, 6.07) is 5.37. The zero-order chi connectivity index (χ0) is 11.7. The third-order valence-corrected chi connectivity index (χ3v) is 2.87. The number of benzene rings is 1. The highest BCUT2D eigenvalue weighted by Gasteiger charge is 2.22. The van der Waals surface area contributed by atoms with Gasteiger partial charge in [-0.25, -0.2) is 0 Å². The fourth-order valence-corrected chi connectivity index (χ4v) is 1.96. The SMILES string of the molecule is Cc1ccc(N2CCCC2=O)cc1C(N)=O. The second-order valence-electron chi connectivity index (χ2n) is 4.01. The van der Waals surface area contributed by atoms with Crippen LogP contribution in [0.15, 0.2) is 18.2 Å². The number of nitrogens with zero attached hydrogens (tertiary/aromatic N) is 1. The number of hydrogen-bond acceptors (Lipinski definition) is 2. The molecule has 2 rings (SSSR count). The average Bonchev–Trinajstić information content (AvgIpc) is 2.65. The number of rotatable bonds is 2. The Labute approximate surface area is 94.0 Å². The van der Waals surface area contributed by atoms with Gasteiger partial charge in [0.1, 0.15) is 0 Å². The van der Waals surface area contributed by atoms with E-state index in [4.69, 9.17) is 5.73 Å². The smallest absolute Gasteiger partial charge is 0.249 e. The Morgan fingerprint density at radius 3 is 2.75 bits per heavy atom. The van der Waals surface area contributed by atoms with Crippen molar-refractivity contribution < 1.29 is 9.59 Å². The molecule has 4 heteroatoms. The normalized spacial score (nSPS) is 15.6. The van der Waals surface area contributed by atoms with Gasteiger partial charge in [-0.05, 0) is 31.0 Å². The molecule has 2 amide bonds. The van der Waals surface area contributed by atoms with Crippen LogP contribution in [0, 0.1) is 6.92 Å². The molecule has 0 aromatic heterocycles. The second kappa shape index (κ2) is 3.96. The molecule has 0 spiro atoms. The molecule has 0 radical (unpaired) electrons. The van der Waals surface area contributed by atoms with E-state index in [1.165, 1.54) is 0 Å². The molecule has 1 aromatic carbocycles. The van der Waals surface area contributed by atoms with Crippen molar-refractivity contribution >= 4 is 17.5 Å². The summed E-state index contributed by atoms with van der Waals surface area (Å²) in [6.45, 7) is 2.55. The van der Waals surface area contributed by atoms with Gasteiger partial charge in [-0.1, -0.05) is 6.07 Å². The molecular weight excluding hydrogens is 204 g/mol. The van der Waals surface area contributed by atoms with Gasteiger partial charge < -0.3 is 10.6 Å². The van der Waals surface area contributed by atoms with Crippen molar-refractivity contribution in [3.05, 3.63) is 29.3 Å². The Balaban J connectivity index is 2.39. The van der Waals surface area contributed by atoms with Crippen LogP contribution in [-0.2, 0) is 4.79 Å². The van der Waals surface area contributed by atoms with Gasteiger partial charge in [-0.15, -0.1) is 0 Å². The van der Waals surface area contributed by atoms with E-state index in [1.54, 1.807) is 11.0 Å². The van der Waals surface area contributed by atoms with Crippen LogP contribution in [0.4, 0.5) is 5.69 Å². The summed E-state index contributed by atoms with van der Waals surface area (Å²) in [5.74, 6) is -0.342. The molecule has 2 N–H and O–H groups in total. The standard InChI is InChI=1S/C12H14N2O2/c1-8-4-5-9(7-10(8)12(13)16)14-6-2-3-11(14)15/h4-5,7H,2-3,6H2,1H3,(H2,13,16). The van der Waals surface area contributed by atoms with Gasteiger partial charge >= 0.3 is 0 Å². The van der Waals surface area contributed by atoms with E-state index in [0.717, 1.165) is 24.2 Å². The van der Waals surface area contributed by atoms with E-state index in [0.29, 0.717) is 12.0 Å². The van der Waals surface area contributed by atoms with Crippen molar-refractivity contribution in [1.82, 2.24) is 0 Å². The lowest BCUT2D eigenvalue weighted by Gasteiger charge is -2.16. The summed E-state index contributed by atoms with van der Waals surface area (Å²) < 4.78 is 0. The molecule has 1 aromatic rings. The van der Waals surface area contributed by atoms with Crippen molar-refractivity contribution in [3.63, 3.8) is 0 Å². The molecule has 1 aliphatic rings. The van der Waals surface area contributed by atoms with E-state index in [9.17, 15) is 9.59 Å². The minimum atomic E-state index is -0.453. The Kier molecular flexibility index (Phi) is 2.64. The third kappa shape index (κ3) is 1.78. The lowest BCUT2D eigenvalue weighted by atomic mass is 10.1. The monoisotopic (exact) mass is 218 g/mol. The van der Waals surface area contributed by atoms with Crippen LogP contribution in [0.1, 0.15) is 28.8 Å². The fraction of sp³-hybridized carbons (Fsp3) is 0.333. The van der Waals surface area contributed by atoms with E-state index in [1.807, 2.05) is 19.1 Å². The van der Waals surface area contributed by atoms with Gasteiger partial charge in [0.15, 0.2) is 0 Å². The Hall–Kier alpha value is -1.84. The van der Waals surface area contributed by atoms with Gasteiger partial charge in [0.25, 0.3) is 0 Å². The lowest BCUT2D eigenvalue weighted by molar-refractivity contribution is -0.117. The fourth-order valence-electron chi connectivity index (χ4n) is 1.96. The summed E-state index contributed by atoms with van der Waals surface area (Å²) in [7, 11) is 0. The number of primary amides is 1. The largest absolute Gasteiger partial charge is 0.366 e. The lowest BCUT2D eigenvalue weighted by Crippen LogP contribution is -2.24. The summed E-state index contributed by atoms with van der Waals surface area (Å²) in [4.78, 5) is 24.4. The van der Waals surface area contributed by atoms with Crippen LogP contribution in [0.25, 0.3) is 0 Å². The van der Waals surface area contributed by atoms with Gasteiger partial charge in [-0.2, -0.15) is 0 Å². The maximum Gasteiger partial charge on any atom is 0.249 e. The highest BCUT2D eigenvalue weighted by Crippen LogP contribution is 2.23. The van der Waals surface area contributed by atoms with Gasteiger partial charge in [-0.3, -0.25) is 9.59 Å². The molecule has 1 aliphatic heterocycles. The average molecular weight is 218 g/mol. The Morgan fingerprint density at radius 1 is 1.44 bits per heavy atom. The number of anilines is 1. The predicted octanol–water partition coefficient (Wildman–Crippen LogP) is 1.22. The van der Waals surface area contributed by atoms with E-state index < -0.39 is 5.91 Å². The minimum absolute atomic E-state index is 0.110. The first-order valence-electron chi connectivity index (χ1n) is 5.30. The van der Waals surface area contributed by atoms with Crippen LogP contribution >= 0.6 is 0 Å². The number of nitrogens with two attached hydrogens (primary N) is 1. The molecule has 1 fully saturated rings. The van der Waals surface area contributed by atoms with E-state index >= 15 is 0 Å². The van der Waals surface area contributed by atoms with Gasteiger partial charge in [0.2, 0.25) is 11.8 Å². The highest BCUT2D eigenvalue weighted by molar-refractivity contribution is 5.99. The minimum Gasteiger partial charge on any atom is -0.366 e. The van der Waals surface area contributed by atoms with Gasteiger partial charge in [0.05, 0.1) is 0 Å². The molecule has 0 aliphatic carbocycles. The number of carbonyl (C=O) groups excluding carboxylic acids is 2. The molecule has 0 atom stereocenters. The molecule has 1 saturated heterocycles. The molecule has 16 heavy (non-hydrogen) atoms. The molecule has 4 nitrogen and oxygen atoms in total. The topological polar surface area (TPSA) is 63.4 Å². The van der Waals surface area contributed by atoms with Gasteiger partial charge in [0, 0.05) is 24.2 Å². The molecule has 0 bridgehead atoms. The first kappa shape index (κ1) is 10.7. The van der Waals surface area contributed by atoms with Crippen molar-refractivity contribution in [2.24, 2.45) is 5.73 Å². The summed E-state index contributed by atoms with van der Waals surface area (Å²) in [5, 5.41) is 0. The maximum atomic E-state index is 11.6. The molecule has 1 heterocycles. The molecular formula is C12H14N2O2. The van der Waals surface area contributed by atoms with Crippen molar-refractivity contribution in [1.29, 1.82) is 0 Å². The first-order chi connectivity index (χ1) is 7.59. The predicted molar refractivity (Wildman–Crippen MR) is 61.3 cm³/mol. The van der Waals surface area contributed by atoms with Crippen molar-refractivity contribution in [2.45, 2.75) is 19.8 Å². The second-order valence-corrected chi connectivity index (χ2v) is 4.01. The molecule has 0 saturated carbocycles. The summed E-state index contributed by atoms with van der Waals surface area (Å²) in [5.41, 5.74) is 7.36. The zero-order valence-electron chi connectivity index (χ0n) is 9.19. The van der Waals surface area contributed by atoms with Crippen LogP contribution in [0.3, 0.4) is 0 Å². The van der Waals surface area contributed by atoms with E-state index in [2.05, 4.69) is 0 Å².